The zero-order chi connectivity index (χ0) is 32.4. The smallest absolute Gasteiger partial charge is 0.410 e. The Kier molecular flexibility index (Phi) is 7.34. The third-order valence-corrected chi connectivity index (χ3v) is 12.7. The van der Waals surface area contributed by atoms with Crippen molar-refractivity contribution in [1.29, 1.82) is 0 Å². The van der Waals surface area contributed by atoms with Gasteiger partial charge >= 0.3 is 6.09 Å². The van der Waals surface area contributed by atoms with Gasteiger partial charge in [-0.15, -0.1) is 0 Å². The Morgan fingerprint density at radius 3 is 2.43 bits per heavy atom. The number of nitrogens with zero attached hydrogens (tertiary/aromatic N) is 1. The molecule has 0 bridgehead atoms. The van der Waals surface area contributed by atoms with Crippen molar-refractivity contribution >= 4 is 27.6 Å². The highest BCUT2D eigenvalue weighted by molar-refractivity contribution is 5.86. The standard InChI is InChI=1S/C42H45NO4/c1-40-21-18-33(44)25-32(40)15-17-36-37(40)19-22-41(2)38(36)20-23-42(41,46)27-43(26-31-12-7-11-29-9-5-6-13-35(29)31)39(45)47-34-16-14-28-8-3-4-10-30(28)24-34/h3-17,24,33,37-38,44,46H,18-23,25-27H2,1-2H3. The molecule has 47 heavy (non-hydrogen) atoms. The van der Waals surface area contributed by atoms with Crippen LogP contribution in [-0.2, 0) is 6.54 Å². The van der Waals surface area contributed by atoms with Gasteiger partial charge in [-0.1, -0.05) is 110 Å². The highest BCUT2D eigenvalue weighted by Crippen LogP contribution is 2.66. The van der Waals surface area contributed by atoms with E-state index in [9.17, 15) is 15.0 Å². The van der Waals surface area contributed by atoms with Crippen molar-refractivity contribution in [2.45, 2.75) is 77.0 Å². The summed E-state index contributed by atoms with van der Waals surface area (Å²) in [7, 11) is 0. The lowest BCUT2D eigenvalue weighted by molar-refractivity contribution is -0.0988. The predicted octanol–water partition coefficient (Wildman–Crippen LogP) is 8.97. The fraction of sp³-hybridized carbons (Fsp3) is 0.405. The average Bonchev–Trinajstić information content (AvgIpc) is 3.34. The molecular formula is C42H45NO4. The van der Waals surface area contributed by atoms with Gasteiger partial charge in [-0.05, 0) is 101 Å². The largest absolute Gasteiger partial charge is 0.415 e. The molecule has 0 spiro atoms. The van der Waals surface area contributed by atoms with Crippen LogP contribution in [0.25, 0.3) is 21.5 Å². The van der Waals surface area contributed by atoms with Gasteiger partial charge in [0.2, 0.25) is 0 Å². The SMILES string of the molecule is CC12CCC(O)CC1=CC=C1C2CCC2(C)C1CCC2(O)CN(Cc1cccc2ccccc12)C(=O)Oc1ccc2ccccc2c1. The molecule has 6 atom stereocenters. The van der Waals surface area contributed by atoms with Gasteiger partial charge in [-0.25, -0.2) is 4.79 Å². The number of carbonyl (C=O) groups is 1. The maximum Gasteiger partial charge on any atom is 0.415 e. The molecule has 0 aliphatic heterocycles. The lowest BCUT2D eigenvalue weighted by atomic mass is 9.50. The molecule has 5 nitrogen and oxygen atoms in total. The van der Waals surface area contributed by atoms with E-state index in [0.29, 0.717) is 24.6 Å². The predicted molar refractivity (Wildman–Crippen MR) is 187 cm³/mol. The topological polar surface area (TPSA) is 70.0 Å². The quantitative estimate of drug-likeness (QED) is 0.232. The van der Waals surface area contributed by atoms with Gasteiger partial charge in [0.1, 0.15) is 5.75 Å². The van der Waals surface area contributed by atoms with Crippen molar-refractivity contribution in [3.8, 4) is 5.75 Å². The zero-order valence-electron chi connectivity index (χ0n) is 27.5. The number of hydrogen-bond acceptors (Lipinski definition) is 4. The summed E-state index contributed by atoms with van der Waals surface area (Å²) in [6.45, 7) is 5.21. The van der Waals surface area contributed by atoms with Crippen LogP contribution in [0.4, 0.5) is 4.79 Å². The van der Waals surface area contributed by atoms with E-state index >= 15 is 0 Å². The van der Waals surface area contributed by atoms with Gasteiger partial charge in [0.15, 0.2) is 0 Å². The first-order valence-corrected chi connectivity index (χ1v) is 17.4. The fourth-order valence-electron chi connectivity index (χ4n) is 9.89. The molecule has 0 saturated heterocycles. The molecule has 4 aliphatic rings. The Balaban J connectivity index is 1.12. The molecule has 4 aromatic rings. The number of hydrogen-bond donors (Lipinski definition) is 2. The minimum atomic E-state index is -1.07. The first kappa shape index (κ1) is 30.4. The van der Waals surface area contributed by atoms with Crippen molar-refractivity contribution in [3.05, 3.63) is 114 Å². The van der Waals surface area contributed by atoms with Crippen molar-refractivity contribution in [1.82, 2.24) is 4.90 Å². The molecule has 3 saturated carbocycles. The summed E-state index contributed by atoms with van der Waals surface area (Å²) in [5.41, 5.74) is 2.53. The van der Waals surface area contributed by atoms with Crippen LogP contribution in [-0.4, -0.2) is 39.5 Å². The number of benzene rings is 4. The fourth-order valence-corrected chi connectivity index (χ4v) is 9.89. The Hall–Kier alpha value is -3.93. The van der Waals surface area contributed by atoms with E-state index in [1.165, 1.54) is 11.1 Å². The summed E-state index contributed by atoms with van der Waals surface area (Å²) in [6.07, 6.45) is 10.0. The van der Waals surface area contributed by atoms with E-state index in [0.717, 1.165) is 65.6 Å². The third-order valence-electron chi connectivity index (χ3n) is 12.7. The summed E-state index contributed by atoms with van der Waals surface area (Å²) < 4.78 is 6.10. The summed E-state index contributed by atoms with van der Waals surface area (Å²) in [5.74, 6) is 1.20. The minimum absolute atomic E-state index is 0.0788. The molecule has 5 heteroatoms. The second kappa shape index (κ2) is 11.4. The van der Waals surface area contributed by atoms with Gasteiger partial charge in [0.25, 0.3) is 0 Å². The van der Waals surface area contributed by atoms with Gasteiger partial charge in [0, 0.05) is 12.0 Å². The van der Waals surface area contributed by atoms with Crippen LogP contribution in [0, 0.1) is 22.7 Å². The van der Waals surface area contributed by atoms with Crippen molar-refractivity contribution < 1.29 is 19.7 Å². The average molecular weight is 628 g/mol. The molecule has 0 heterocycles. The summed E-state index contributed by atoms with van der Waals surface area (Å²) >= 11 is 0. The number of aliphatic hydroxyl groups excluding tert-OH is 1. The van der Waals surface area contributed by atoms with Crippen LogP contribution in [0.2, 0.25) is 0 Å². The number of aliphatic hydroxyl groups is 2. The minimum Gasteiger partial charge on any atom is -0.410 e. The Bertz CT molecular complexity index is 1920. The van der Waals surface area contributed by atoms with Crippen LogP contribution >= 0.6 is 0 Å². The second-order valence-corrected chi connectivity index (χ2v) is 15.2. The van der Waals surface area contributed by atoms with Crippen LogP contribution in [0.3, 0.4) is 0 Å². The van der Waals surface area contributed by atoms with Crippen LogP contribution in [0.5, 0.6) is 5.75 Å². The number of ether oxygens (including phenoxy) is 1. The lowest BCUT2D eigenvalue weighted by Crippen LogP contribution is -2.56. The molecule has 3 fully saturated rings. The second-order valence-electron chi connectivity index (χ2n) is 15.2. The highest BCUT2D eigenvalue weighted by Gasteiger charge is 2.62. The van der Waals surface area contributed by atoms with E-state index in [1.54, 1.807) is 4.90 Å². The van der Waals surface area contributed by atoms with Gasteiger partial charge < -0.3 is 19.8 Å². The monoisotopic (exact) mass is 627 g/mol. The van der Waals surface area contributed by atoms with Crippen molar-refractivity contribution in [2.75, 3.05) is 6.54 Å². The Morgan fingerprint density at radius 2 is 1.57 bits per heavy atom. The van der Waals surface area contributed by atoms with E-state index in [4.69, 9.17) is 4.74 Å². The molecule has 2 N–H and O–H groups in total. The molecule has 8 rings (SSSR count). The number of allylic oxidation sites excluding steroid dienone is 3. The Labute approximate surface area is 277 Å². The number of carbonyl (C=O) groups excluding carboxylic acids is 1. The van der Waals surface area contributed by atoms with E-state index < -0.39 is 11.7 Å². The van der Waals surface area contributed by atoms with Crippen molar-refractivity contribution in [2.24, 2.45) is 22.7 Å². The molecule has 6 unspecified atom stereocenters. The maximum absolute atomic E-state index is 14.2. The first-order chi connectivity index (χ1) is 22.7. The van der Waals surface area contributed by atoms with E-state index in [2.05, 4.69) is 50.3 Å². The molecule has 0 radical (unpaired) electrons. The van der Waals surface area contributed by atoms with E-state index in [-0.39, 0.29) is 29.4 Å². The summed E-state index contributed by atoms with van der Waals surface area (Å²) in [5, 5.41) is 27.5. The third kappa shape index (κ3) is 5.01. The maximum atomic E-state index is 14.2. The van der Waals surface area contributed by atoms with Crippen LogP contribution < -0.4 is 4.74 Å². The van der Waals surface area contributed by atoms with Gasteiger partial charge in [-0.2, -0.15) is 0 Å². The Morgan fingerprint density at radius 1 is 0.830 bits per heavy atom. The summed E-state index contributed by atoms with van der Waals surface area (Å²) in [4.78, 5) is 15.9. The normalized spacial score (nSPS) is 31.4. The summed E-state index contributed by atoms with van der Waals surface area (Å²) in [6, 6.07) is 28.3. The molecule has 4 aromatic carbocycles. The number of fused-ring (bicyclic) bond motifs is 7. The zero-order valence-corrected chi connectivity index (χ0v) is 27.5. The number of rotatable bonds is 5. The first-order valence-electron chi connectivity index (χ1n) is 17.4. The molecule has 242 valence electrons. The van der Waals surface area contributed by atoms with Crippen LogP contribution in [0.15, 0.2) is 108 Å². The number of amides is 1. The van der Waals surface area contributed by atoms with Crippen LogP contribution in [0.1, 0.15) is 64.4 Å². The molecule has 4 aliphatic carbocycles. The molecular weight excluding hydrogens is 582 g/mol. The lowest BCUT2D eigenvalue weighted by Gasteiger charge is -2.56. The van der Waals surface area contributed by atoms with Crippen molar-refractivity contribution in [3.63, 3.8) is 0 Å². The van der Waals surface area contributed by atoms with Gasteiger partial charge in [0.05, 0.1) is 18.2 Å². The molecule has 1 amide bonds. The van der Waals surface area contributed by atoms with E-state index in [1.807, 2.05) is 60.7 Å². The highest BCUT2D eigenvalue weighted by atomic mass is 16.6. The van der Waals surface area contributed by atoms with Gasteiger partial charge in [-0.3, -0.25) is 0 Å². The molecule has 0 aromatic heterocycles.